The van der Waals surface area contributed by atoms with Crippen LogP contribution in [0.4, 0.5) is 14.5 Å². The smallest absolute Gasteiger partial charge is 0.258 e. The molecule has 1 heterocycles. The van der Waals surface area contributed by atoms with Crippen LogP contribution in [0.3, 0.4) is 0 Å². The fourth-order valence-electron chi connectivity index (χ4n) is 7.36. The lowest BCUT2D eigenvalue weighted by Gasteiger charge is -2.38. The summed E-state index contributed by atoms with van der Waals surface area (Å²) < 4.78 is 54.8. The number of carbonyl (C=O) groups excluding carboxylic acids is 1. The number of alkyl halides is 2. The van der Waals surface area contributed by atoms with Crippen LogP contribution in [0.5, 0.6) is 0 Å². The van der Waals surface area contributed by atoms with Gasteiger partial charge in [0.25, 0.3) is 11.8 Å². The van der Waals surface area contributed by atoms with Crippen LogP contribution in [0.15, 0.2) is 51.8 Å². The quantitative estimate of drug-likeness (QED) is 0.418. The number of nitrogens with zero attached hydrogens (tertiary/aromatic N) is 1. The Balaban J connectivity index is 1.18. The highest BCUT2D eigenvalue weighted by Gasteiger charge is 2.72. The molecule has 0 saturated heterocycles. The van der Waals surface area contributed by atoms with Crippen molar-refractivity contribution in [1.82, 2.24) is 0 Å². The van der Waals surface area contributed by atoms with Gasteiger partial charge < -0.3 is 4.90 Å². The number of amides is 1. The van der Waals surface area contributed by atoms with Gasteiger partial charge in [0.05, 0.1) is 10.1 Å². The highest BCUT2D eigenvalue weighted by molar-refractivity contribution is 9.10. The molecule has 0 N–H and O–H groups in total. The van der Waals surface area contributed by atoms with E-state index in [4.69, 9.17) is 0 Å². The van der Waals surface area contributed by atoms with E-state index in [0.29, 0.717) is 17.5 Å². The SMILES string of the molecule is O=C(c1cccc(S(=O)(=O)C2CC3C(C2)C3(F)F)c1)N1CC2(CCC3(CC3)CC2)c2cc(Br)ccc21. The molecule has 2 spiro atoms. The molecule has 4 nitrogen and oxygen atoms in total. The molecular weight excluding hydrogens is 548 g/mol. The number of carbonyl (C=O) groups is 1. The monoisotopic (exact) mass is 575 g/mol. The van der Waals surface area contributed by atoms with Crippen molar-refractivity contribution < 1.29 is 22.0 Å². The van der Waals surface area contributed by atoms with E-state index >= 15 is 0 Å². The molecule has 2 aromatic carbocycles. The van der Waals surface area contributed by atoms with Gasteiger partial charge in [-0.3, -0.25) is 4.79 Å². The first-order valence-corrected chi connectivity index (χ1v) is 15.2. The van der Waals surface area contributed by atoms with Crippen molar-refractivity contribution >= 4 is 37.4 Å². The van der Waals surface area contributed by atoms with E-state index < -0.39 is 32.8 Å². The minimum Gasteiger partial charge on any atom is -0.307 e. The molecule has 4 aliphatic carbocycles. The zero-order chi connectivity index (χ0) is 25.1. The Kier molecular flexibility index (Phi) is 4.80. The van der Waals surface area contributed by atoms with E-state index in [1.807, 2.05) is 17.0 Å². The fourth-order valence-corrected chi connectivity index (χ4v) is 9.59. The standard InChI is InChI=1S/C28H28BrF2NO3S/c29-18-4-5-24-23(13-18)27(10-8-26(6-7-26)9-11-27)16-32(24)25(33)17-2-1-3-19(12-17)36(34,35)20-14-21-22(15-20)28(21,30)31/h1-5,12-13,20-22H,6-11,14-16H2. The molecule has 2 unspecified atom stereocenters. The van der Waals surface area contributed by atoms with Gasteiger partial charge in [0.1, 0.15) is 0 Å². The van der Waals surface area contributed by atoms with Crippen LogP contribution in [0.25, 0.3) is 0 Å². The third kappa shape index (κ3) is 3.32. The van der Waals surface area contributed by atoms with E-state index in [1.165, 1.54) is 43.4 Å². The number of hydrogen-bond donors (Lipinski definition) is 0. The molecule has 5 aliphatic rings. The summed E-state index contributed by atoms with van der Waals surface area (Å²) in [7, 11) is -3.78. The number of fused-ring (bicyclic) bond motifs is 3. The summed E-state index contributed by atoms with van der Waals surface area (Å²) in [4.78, 5) is 15.7. The molecule has 4 fully saturated rings. The average molecular weight is 577 g/mol. The van der Waals surface area contributed by atoms with Gasteiger partial charge in [-0.2, -0.15) is 0 Å². The Bertz CT molecular complexity index is 1380. The van der Waals surface area contributed by atoms with Gasteiger partial charge in [-0.25, -0.2) is 17.2 Å². The van der Waals surface area contributed by atoms with Gasteiger partial charge in [-0.1, -0.05) is 22.0 Å². The second-order valence-electron chi connectivity index (χ2n) is 11.9. The van der Waals surface area contributed by atoms with Gasteiger partial charge >= 0.3 is 0 Å². The third-order valence-electron chi connectivity index (χ3n) is 10.00. The number of rotatable bonds is 3. The van der Waals surface area contributed by atoms with Crippen molar-refractivity contribution in [1.29, 1.82) is 0 Å². The van der Waals surface area contributed by atoms with Crippen LogP contribution in [0.1, 0.15) is 67.3 Å². The topological polar surface area (TPSA) is 54.5 Å². The molecule has 2 aromatic rings. The fraction of sp³-hybridized carbons (Fsp3) is 0.536. The maximum atomic E-state index is 13.8. The lowest BCUT2D eigenvalue weighted by atomic mass is 9.66. The molecule has 1 amide bonds. The number of halogens is 3. The lowest BCUT2D eigenvalue weighted by Crippen LogP contribution is -2.40. The van der Waals surface area contributed by atoms with Crippen LogP contribution in [0.2, 0.25) is 0 Å². The van der Waals surface area contributed by atoms with Gasteiger partial charge in [0, 0.05) is 39.5 Å². The summed E-state index contributed by atoms with van der Waals surface area (Å²) in [5.41, 5.74) is 2.90. The first-order valence-electron chi connectivity index (χ1n) is 12.9. The summed E-state index contributed by atoms with van der Waals surface area (Å²) in [5, 5.41) is -0.803. The maximum Gasteiger partial charge on any atom is 0.258 e. The Morgan fingerprint density at radius 1 is 0.944 bits per heavy atom. The summed E-state index contributed by atoms with van der Waals surface area (Å²) in [6.45, 7) is 0.603. The normalized spacial score (nSPS) is 30.3. The van der Waals surface area contributed by atoms with Crippen LogP contribution in [-0.4, -0.2) is 32.0 Å². The first kappa shape index (κ1) is 23.3. The molecule has 1 aliphatic heterocycles. The summed E-state index contributed by atoms with van der Waals surface area (Å²) in [6, 6.07) is 12.3. The van der Waals surface area contributed by atoms with Crippen LogP contribution in [0, 0.1) is 17.3 Å². The Morgan fingerprint density at radius 2 is 1.61 bits per heavy atom. The second kappa shape index (κ2) is 7.40. The molecule has 8 heteroatoms. The molecule has 2 atom stereocenters. The van der Waals surface area contributed by atoms with Crippen LogP contribution >= 0.6 is 15.9 Å². The van der Waals surface area contributed by atoms with Crippen LogP contribution < -0.4 is 4.90 Å². The van der Waals surface area contributed by atoms with Crippen molar-refractivity contribution in [3.63, 3.8) is 0 Å². The predicted octanol–water partition coefficient (Wildman–Crippen LogP) is 6.52. The molecule has 4 saturated carbocycles. The van der Waals surface area contributed by atoms with Gasteiger partial charge in [0.2, 0.25) is 0 Å². The average Bonchev–Trinajstić information content (AvgIpc) is 3.56. The van der Waals surface area contributed by atoms with E-state index in [9.17, 15) is 22.0 Å². The summed E-state index contributed by atoms with van der Waals surface area (Å²) >= 11 is 3.61. The van der Waals surface area contributed by atoms with Gasteiger partial charge in [0.15, 0.2) is 9.84 Å². The maximum absolute atomic E-state index is 13.8. The second-order valence-corrected chi connectivity index (χ2v) is 15.0. The van der Waals surface area contributed by atoms with E-state index in [0.717, 1.165) is 23.0 Å². The van der Waals surface area contributed by atoms with Crippen LogP contribution in [-0.2, 0) is 15.3 Å². The van der Waals surface area contributed by atoms with Gasteiger partial charge in [-0.15, -0.1) is 0 Å². The molecule has 36 heavy (non-hydrogen) atoms. The largest absolute Gasteiger partial charge is 0.307 e. The Labute approximate surface area is 218 Å². The third-order valence-corrected chi connectivity index (χ3v) is 12.7. The molecule has 7 rings (SSSR count). The minimum absolute atomic E-state index is 0.00341. The molecular formula is C28H28BrF2NO3S. The Morgan fingerprint density at radius 3 is 2.28 bits per heavy atom. The zero-order valence-corrected chi connectivity index (χ0v) is 22.3. The number of hydrogen-bond acceptors (Lipinski definition) is 3. The highest BCUT2D eigenvalue weighted by atomic mass is 79.9. The molecule has 0 aromatic heterocycles. The van der Waals surface area contributed by atoms with Crippen molar-refractivity contribution in [3.05, 3.63) is 58.1 Å². The van der Waals surface area contributed by atoms with Crippen molar-refractivity contribution in [2.75, 3.05) is 11.4 Å². The highest BCUT2D eigenvalue weighted by Crippen LogP contribution is 2.65. The first-order chi connectivity index (χ1) is 17.0. The minimum atomic E-state index is -3.78. The number of benzene rings is 2. The summed E-state index contributed by atoms with van der Waals surface area (Å²) in [5.74, 6) is -4.55. The number of anilines is 1. The van der Waals surface area contributed by atoms with Crippen molar-refractivity contribution in [3.8, 4) is 0 Å². The van der Waals surface area contributed by atoms with Gasteiger partial charge in [-0.05, 0) is 98.7 Å². The molecule has 0 bridgehead atoms. The predicted molar refractivity (Wildman–Crippen MR) is 136 cm³/mol. The van der Waals surface area contributed by atoms with Crippen molar-refractivity contribution in [2.45, 2.75) is 72.8 Å². The summed E-state index contributed by atoms with van der Waals surface area (Å²) in [6.07, 6.45) is 7.13. The molecule has 190 valence electrons. The van der Waals surface area contributed by atoms with E-state index in [-0.39, 0.29) is 29.1 Å². The Hall–Kier alpha value is -1.80. The van der Waals surface area contributed by atoms with E-state index in [2.05, 4.69) is 22.0 Å². The van der Waals surface area contributed by atoms with E-state index in [1.54, 1.807) is 12.1 Å². The molecule has 0 radical (unpaired) electrons. The van der Waals surface area contributed by atoms with Crippen molar-refractivity contribution in [2.24, 2.45) is 17.3 Å². The number of sulfone groups is 1. The zero-order valence-electron chi connectivity index (χ0n) is 19.9. The lowest BCUT2D eigenvalue weighted by molar-refractivity contribution is 0.0733.